The SMILES string of the molecule is COc1cccc(NC(=O)[C@@H](OC(=O)c2c(C)oc3ncn(C)c(=O)c23)c2ccccc2)c1. The van der Waals surface area contributed by atoms with Crippen molar-refractivity contribution in [1.29, 1.82) is 0 Å². The average Bonchev–Trinajstić information content (AvgIpc) is 3.17. The number of amides is 1. The van der Waals surface area contributed by atoms with Crippen LogP contribution in [0, 0.1) is 6.92 Å². The molecular formula is C24H21N3O6. The molecule has 1 amide bonds. The number of carbonyl (C=O) groups is 2. The van der Waals surface area contributed by atoms with Crippen molar-refractivity contribution in [2.45, 2.75) is 13.0 Å². The van der Waals surface area contributed by atoms with E-state index in [-0.39, 0.29) is 22.4 Å². The maximum atomic E-state index is 13.2. The van der Waals surface area contributed by atoms with Gasteiger partial charge in [-0.25, -0.2) is 9.78 Å². The second-order valence-corrected chi connectivity index (χ2v) is 7.29. The van der Waals surface area contributed by atoms with Crippen molar-refractivity contribution in [2.24, 2.45) is 7.05 Å². The normalized spacial score (nSPS) is 11.7. The molecule has 4 aromatic rings. The lowest BCUT2D eigenvalue weighted by Gasteiger charge is -2.18. The number of aryl methyl sites for hydroxylation is 2. The molecule has 1 atom stereocenters. The topological polar surface area (TPSA) is 113 Å². The van der Waals surface area contributed by atoms with Gasteiger partial charge in [0.15, 0.2) is 0 Å². The zero-order valence-corrected chi connectivity index (χ0v) is 18.2. The second kappa shape index (κ2) is 8.99. The first-order valence-corrected chi connectivity index (χ1v) is 10.0. The fraction of sp³-hybridized carbons (Fsp3) is 0.167. The Morgan fingerprint density at radius 3 is 2.61 bits per heavy atom. The fourth-order valence-corrected chi connectivity index (χ4v) is 3.41. The molecule has 2 aromatic carbocycles. The predicted molar refractivity (Wildman–Crippen MR) is 120 cm³/mol. The molecule has 168 valence electrons. The van der Waals surface area contributed by atoms with Crippen LogP contribution < -0.4 is 15.6 Å². The van der Waals surface area contributed by atoms with Gasteiger partial charge in [0.2, 0.25) is 11.8 Å². The summed E-state index contributed by atoms with van der Waals surface area (Å²) in [4.78, 5) is 43.0. The number of esters is 1. The number of furan rings is 1. The molecule has 9 nitrogen and oxygen atoms in total. The first kappa shape index (κ1) is 21.8. The van der Waals surface area contributed by atoms with Crippen LogP contribution in [-0.4, -0.2) is 28.5 Å². The smallest absolute Gasteiger partial charge is 0.343 e. The van der Waals surface area contributed by atoms with Crippen LogP contribution >= 0.6 is 0 Å². The molecule has 33 heavy (non-hydrogen) atoms. The maximum Gasteiger partial charge on any atom is 0.343 e. The van der Waals surface area contributed by atoms with E-state index in [1.54, 1.807) is 54.6 Å². The number of hydrogen-bond acceptors (Lipinski definition) is 7. The Bertz CT molecular complexity index is 1390. The predicted octanol–water partition coefficient (Wildman–Crippen LogP) is 3.38. The number of hydrogen-bond donors (Lipinski definition) is 1. The summed E-state index contributed by atoms with van der Waals surface area (Å²) >= 11 is 0. The number of benzene rings is 2. The number of methoxy groups -OCH3 is 1. The summed E-state index contributed by atoms with van der Waals surface area (Å²) in [6.07, 6.45) is 0.0200. The standard InChI is InChI=1S/C24H21N3O6/c1-14-18(19-22(32-14)25-13-27(2)23(19)29)24(30)33-20(15-8-5-4-6-9-15)21(28)26-16-10-7-11-17(12-16)31-3/h4-13,20H,1-3H3,(H,26,28)/t20-/m0/s1. The number of nitrogens with zero attached hydrogens (tertiary/aromatic N) is 2. The molecule has 0 fully saturated rings. The third-order valence-electron chi connectivity index (χ3n) is 5.05. The molecule has 0 saturated heterocycles. The summed E-state index contributed by atoms with van der Waals surface area (Å²) < 4.78 is 17.5. The van der Waals surface area contributed by atoms with Crippen LogP contribution in [0.1, 0.15) is 27.8 Å². The second-order valence-electron chi connectivity index (χ2n) is 7.29. The molecular weight excluding hydrogens is 426 g/mol. The Hall–Kier alpha value is -4.40. The van der Waals surface area contributed by atoms with E-state index in [4.69, 9.17) is 13.9 Å². The summed E-state index contributed by atoms with van der Waals surface area (Å²) in [6, 6.07) is 15.4. The minimum absolute atomic E-state index is 0.00233. The van der Waals surface area contributed by atoms with Crippen molar-refractivity contribution in [3.8, 4) is 5.75 Å². The molecule has 0 unspecified atom stereocenters. The highest BCUT2D eigenvalue weighted by Gasteiger charge is 2.30. The molecule has 4 rings (SSSR count). The summed E-state index contributed by atoms with van der Waals surface area (Å²) in [6.45, 7) is 1.53. The van der Waals surface area contributed by atoms with Crippen LogP contribution in [0.5, 0.6) is 5.75 Å². The first-order chi connectivity index (χ1) is 15.9. The van der Waals surface area contributed by atoms with Gasteiger partial charge in [-0.05, 0) is 19.1 Å². The van der Waals surface area contributed by atoms with Gasteiger partial charge < -0.3 is 23.8 Å². The Kier molecular flexibility index (Phi) is 5.95. The van der Waals surface area contributed by atoms with Gasteiger partial charge in [0.25, 0.3) is 11.5 Å². The minimum atomic E-state index is -1.28. The quantitative estimate of drug-likeness (QED) is 0.451. The van der Waals surface area contributed by atoms with Gasteiger partial charge in [-0.1, -0.05) is 36.4 Å². The highest BCUT2D eigenvalue weighted by atomic mass is 16.5. The van der Waals surface area contributed by atoms with Crippen LogP contribution in [0.15, 0.2) is 70.1 Å². The van der Waals surface area contributed by atoms with Gasteiger partial charge in [-0.2, -0.15) is 0 Å². The number of anilines is 1. The van der Waals surface area contributed by atoms with Gasteiger partial charge in [-0.15, -0.1) is 0 Å². The van der Waals surface area contributed by atoms with E-state index in [0.717, 1.165) is 0 Å². The molecule has 9 heteroatoms. The van der Waals surface area contributed by atoms with Crippen molar-refractivity contribution in [3.63, 3.8) is 0 Å². The molecule has 0 saturated carbocycles. The van der Waals surface area contributed by atoms with Crippen LogP contribution in [0.3, 0.4) is 0 Å². The van der Waals surface area contributed by atoms with Crippen molar-refractivity contribution >= 4 is 28.7 Å². The van der Waals surface area contributed by atoms with Gasteiger partial charge in [0.1, 0.15) is 28.8 Å². The Morgan fingerprint density at radius 2 is 1.88 bits per heavy atom. The summed E-state index contributed by atoms with van der Waals surface area (Å²) in [5.74, 6) is -0.707. The molecule has 2 aromatic heterocycles. The van der Waals surface area contributed by atoms with Crippen molar-refractivity contribution < 1.29 is 23.5 Å². The molecule has 0 aliphatic rings. The highest BCUT2D eigenvalue weighted by Crippen LogP contribution is 2.27. The summed E-state index contributed by atoms with van der Waals surface area (Å²) in [7, 11) is 3.03. The number of aromatic nitrogens is 2. The molecule has 0 spiro atoms. The van der Waals surface area contributed by atoms with E-state index in [9.17, 15) is 14.4 Å². The van der Waals surface area contributed by atoms with Gasteiger partial charge >= 0.3 is 5.97 Å². The number of rotatable bonds is 6. The number of carbonyl (C=O) groups excluding carboxylic acids is 2. The van der Waals surface area contributed by atoms with Crippen LogP contribution in [0.25, 0.3) is 11.1 Å². The number of ether oxygens (including phenoxy) is 2. The third-order valence-corrected chi connectivity index (χ3v) is 5.05. The number of fused-ring (bicyclic) bond motifs is 1. The molecule has 0 aliphatic carbocycles. The fourth-order valence-electron chi connectivity index (χ4n) is 3.41. The van der Waals surface area contributed by atoms with Crippen LogP contribution in [0.2, 0.25) is 0 Å². The number of nitrogens with one attached hydrogen (secondary N) is 1. The first-order valence-electron chi connectivity index (χ1n) is 10.0. The van der Waals surface area contributed by atoms with Crippen molar-refractivity contribution in [2.75, 3.05) is 12.4 Å². The third kappa shape index (κ3) is 4.33. The highest BCUT2D eigenvalue weighted by molar-refractivity contribution is 6.05. The molecule has 2 heterocycles. The maximum absolute atomic E-state index is 13.2. The summed E-state index contributed by atoms with van der Waals surface area (Å²) in [5.41, 5.74) is 0.441. The molecule has 0 bridgehead atoms. The lowest BCUT2D eigenvalue weighted by Crippen LogP contribution is -2.26. The molecule has 0 aliphatic heterocycles. The van der Waals surface area contributed by atoms with Gasteiger partial charge in [0, 0.05) is 24.4 Å². The zero-order chi connectivity index (χ0) is 23.5. The van der Waals surface area contributed by atoms with Gasteiger partial charge in [-0.3, -0.25) is 9.59 Å². The van der Waals surface area contributed by atoms with E-state index >= 15 is 0 Å². The Balaban J connectivity index is 1.69. The van der Waals surface area contributed by atoms with Crippen LogP contribution in [-0.2, 0) is 16.6 Å². The largest absolute Gasteiger partial charge is 0.497 e. The summed E-state index contributed by atoms with van der Waals surface area (Å²) in [5, 5.41) is 2.74. The van der Waals surface area contributed by atoms with E-state index in [1.807, 2.05) is 0 Å². The Labute approximate surface area is 188 Å². The Morgan fingerprint density at radius 1 is 1.12 bits per heavy atom. The average molecular weight is 447 g/mol. The minimum Gasteiger partial charge on any atom is -0.497 e. The van der Waals surface area contributed by atoms with Crippen molar-refractivity contribution in [3.05, 3.63) is 88.2 Å². The van der Waals surface area contributed by atoms with E-state index in [1.165, 1.54) is 32.0 Å². The van der Waals surface area contributed by atoms with Crippen molar-refractivity contribution in [1.82, 2.24) is 9.55 Å². The molecule has 0 radical (unpaired) electrons. The van der Waals surface area contributed by atoms with Gasteiger partial charge in [0.05, 0.1) is 7.11 Å². The van der Waals surface area contributed by atoms with E-state index < -0.39 is 23.5 Å². The van der Waals surface area contributed by atoms with E-state index in [0.29, 0.717) is 17.0 Å². The molecule has 1 N–H and O–H groups in total. The zero-order valence-electron chi connectivity index (χ0n) is 18.2. The van der Waals surface area contributed by atoms with E-state index in [2.05, 4.69) is 10.3 Å². The lowest BCUT2D eigenvalue weighted by molar-refractivity contribution is -0.125. The lowest BCUT2D eigenvalue weighted by atomic mass is 10.1. The van der Waals surface area contributed by atoms with Crippen LogP contribution in [0.4, 0.5) is 5.69 Å². The monoisotopic (exact) mass is 447 g/mol.